The molecule has 0 saturated heterocycles. The van der Waals surface area contributed by atoms with Crippen LogP contribution in [0.25, 0.3) is 0 Å². The van der Waals surface area contributed by atoms with Crippen molar-refractivity contribution >= 4 is 15.9 Å². The molecule has 1 unspecified atom stereocenters. The second-order valence-corrected chi connectivity index (χ2v) is 4.35. The van der Waals surface area contributed by atoms with E-state index in [2.05, 4.69) is 39.4 Å². The van der Waals surface area contributed by atoms with Gasteiger partial charge in [-0.2, -0.15) is 0 Å². The lowest BCUT2D eigenvalue weighted by atomic mass is 9.96. The Balaban J connectivity index is 2.27. The fourth-order valence-electron chi connectivity index (χ4n) is 1.72. The van der Waals surface area contributed by atoms with Crippen molar-refractivity contribution in [1.29, 1.82) is 0 Å². The predicted molar refractivity (Wildman–Crippen MR) is 57.5 cm³/mol. The van der Waals surface area contributed by atoms with Crippen LogP contribution in [-0.2, 0) is 13.0 Å². The monoisotopic (exact) mass is 240 g/mol. The average Bonchev–Trinajstić information content (AvgIpc) is 2.16. The van der Waals surface area contributed by atoms with Crippen LogP contribution in [0.4, 0.5) is 0 Å². The minimum atomic E-state index is 0.446. The number of benzene rings is 1. The number of fused-ring (bicyclic) bond motifs is 1. The molecule has 1 aliphatic rings. The Bertz CT molecular complexity index is 312. The maximum absolute atomic E-state index is 5.62. The summed E-state index contributed by atoms with van der Waals surface area (Å²) in [6.45, 7) is 1.66. The topological polar surface area (TPSA) is 38.0 Å². The molecule has 0 fully saturated rings. The Kier molecular flexibility index (Phi) is 2.67. The number of halogens is 1. The number of hydrogen-bond acceptors (Lipinski definition) is 2. The lowest BCUT2D eigenvalue weighted by Gasteiger charge is -2.25. The van der Waals surface area contributed by atoms with Crippen molar-refractivity contribution < 1.29 is 0 Å². The third-order valence-corrected chi connectivity index (χ3v) is 2.99. The molecule has 2 rings (SSSR count). The van der Waals surface area contributed by atoms with Crippen molar-refractivity contribution in [3.8, 4) is 0 Å². The standard InChI is InChI=1S/C10H13BrN2/c11-9-2-1-7-6-13-10(5-12)4-8(7)3-9/h1-3,10,13H,4-6,12H2. The van der Waals surface area contributed by atoms with Gasteiger partial charge in [0.05, 0.1) is 0 Å². The van der Waals surface area contributed by atoms with Crippen LogP contribution in [0.5, 0.6) is 0 Å². The molecule has 0 aromatic heterocycles. The molecule has 3 N–H and O–H groups in total. The van der Waals surface area contributed by atoms with Gasteiger partial charge in [-0.3, -0.25) is 0 Å². The Hall–Kier alpha value is -0.380. The van der Waals surface area contributed by atoms with Gasteiger partial charge < -0.3 is 11.1 Å². The molecule has 1 aromatic rings. The predicted octanol–water partition coefficient (Wildman–Crippen LogP) is 1.42. The van der Waals surface area contributed by atoms with E-state index in [4.69, 9.17) is 5.73 Å². The molecule has 1 heterocycles. The summed E-state index contributed by atoms with van der Waals surface area (Å²) in [5.41, 5.74) is 8.44. The summed E-state index contributed by atoms with van der Waals surface area (Å²) >= 11 is 3.48. The number of nitrogens with two attached hydrogens (primary N) is 1. The van der Waals surface area contributed by atoms with Gasteiger partial charge in [-0.25, -0.2) is 0 Å². The van der Waals surface area contributed by atoms with Crippen LogP contribution in [0.1, 0.15) is 11.1 Å². The third-order valence-electron chi connectivity index (χ3n) is 2.50. The van der Waals surface area contributed by atoms with Gasteiger partial charge in [0.25, 0.3) is 0 Å². The van der Waals surface area contributed by atoms with Crippen LogP contribution >= 0.6 is 15.9 Å². The molecule has 2 nitrogen and oxygen atoms in total. The van der Waals surface area contributed by atoms with Crippen molar-refractivity contribution in [3.63, 3.8) is 0 Å². The molecule has 1 atom stereocenters. The van der Waals surface area contributed by atoms with Crippen molar-refractivity contribution in [3.05, 3.63) is 33.8 Å². The van der Waals surface area contributed by atoms with E-state index >= 15 is 0 Å². The molecular weight excluding hydrogens is 228 g/mol. The first kappa shape index (κ1) is 9.19. The molecule has 1 aromatic carbocycles. The highest BCUT2D eigenvalue weighted by molar-refractivity contribution is 9.10. The van der Waals surface area contributed by atoms with E-state index in [9.17, 15) is 0 Å². The van der Waals surface area contributed by atoms with Gasteiger partial charge in [0.2, 0.25) is 0 Å². The lowest BCUT2D eigenvalue weighted by molar-refractivity contribution is 0.487. The van der Waals surface area contributed by atoms with Gasteiger partial charge in [-0.1, -0.05) is 22.0 Å². The van der Waals surface area contributed by atoms with Crippen LogP contribution in [-0.4, -0.2) is 12.6 Å². The maximum atomic E-state index is 5.62. The van der Waals surface area contributed by atoms with Crippen LogP contribution in [0.3, 0.4) is 0 Å². The third kappa shape index (κ3) is 1.93. The van der Waals surface area contributed by atoms with E-state index in [0.29, 0.717) is 12.6 Å². The molecule has 3 heteroatoms. The van der Waals surface area contributed by atoms with Crippen molar-refractivity contribution in [1.82, 2.24) is 5.32 Å². The summed E-state index contributed by atoms with van der Waals surface area (Å²) in [7, 11) is 0. The van der Waals surface area contributed by atoms with E-state index in [0.717, 1.165) is 17.4 Å². The zero-order valence-electron chi connectivity index (χ0n) is 7.39. The van der Waals surface area contributed by atoms with E-state index in [1.54, 1.807) is 0 Å². The van der Waals surface area contributed by atoms with Gasteiger partial charge in [0.15, 0.2) is 0 Å². The highest BCUT2D eigenvalue weighted by Gasteiger charge is 2.16. The largest absolute Gasteiger partial charge is 0.329 e. The van der Waals surface area contributed by atoms with E-state index < -0.39 is 0 Å². The first-order chi connectivity index (χ1) is 6.29. The van der Waals surface area contributed by atoms with Crippen molar-refractivity contribution in [2.24, 2.45) is 5.73 Å². The number of nitrogens with one attached hydrogen (secondary N) is 1. The van der Waals surface area contributed by atoms with Crippen LogP contribution in [0.15, 0.2) is 22.7 Å². The fraction of sp³-hybridized carbons (Fsp3) is 0.400. The molecule has 0 amide bonds. The number of rotatable bonds is 1. The molecule has 0 radical (unpaired) electrons. The van der Waals surface area contributed by atoms with Crippen molar-refractivity contribution in [2.45, 2.75) is 19.0 Å². The smallest absolute Gasteiger partial charge is 0.0233 e. The quantitative estimate of drug-likeness (QED) is 0.780. The van der Waals surface area contributed by atoms with E-state index in [-0.39, 0.29) is 0 Å². The Morgan fingerprint density at radius 1 is 1.46 bits per heavy atom. The van der Waals surface area contributed by atoms with E-state index in [1.807, 2.05) is 0 Å². The van der Waals surface area contributed by atoms with Gasteiger partial charge in [0, 0.05) is 23.6 Å². The summed E-state index contributed by atoms with van der Waals surface area (Å²) in [6.07, 6.45) is 1.05. The molecule has 13 heavy (non-hydrogen) atoms. The summed E-state index contributed by atoms with van der Waals surface area (Å²) < 4.78 is 1.16. The van der Waals surface area contributed by atoms with Crippen LogP contribution in [0.2, 0.25) is 0 Å². The molecule has 0 spiro atoms. The molecule has 0 bridgehead atoms. The first-order valence-corrected chi connectivity index (χ1v) is 5.29. The zero-order valence-corrected chi connectivity index (χ0v) is 8.97. The summed E-state index contributed by atoms with van der Waals surface area (Å²) in [4.78, 5) is 0. The highest BCUT2D eigenvalue weighted by atomic mass is 79.9. The molecule has 0 aliphatic carbocycles. The Morgan fingerprint density at radius 2 is 2.31 bits per heavy atom. The summed E-state index contributed by atoms with van der Waals surface area (Å²) in [6, 6.07) is 6.89. The van der Waals surface area contributed by atoms with Crippen molar-refractivity contribution in [2.75, 3.05) is 6.54 Å². The molecular formula is C10H13BrN2. The number of hydrogen-bond donors (Lipinski definition) is 2. The second-order valence-electron chi connectivity index (χ2n) is 3.43. The SMILES string of the molecule is NCC1Cc2cc(Br)ccc2CN1. The lowest BCUT2D eigenvalue weighted by Crippen LogP contribution is -2.40. The summed E-state index contributed by atoms with van der Waals surface area (Å²) in [5.74, 6) is 0. The van der Waals surface area contributed by atoms with Gasteiger partial charge in [-0.05, 0) is 29.7 Å². The van der Waals surface area contributed by atoms with E-state index in [1.165, 1.54) is 11.1 Å². The molecule has 70 valence electrons. The second kappa shape index (κ2) is 3.78. The normalized spacial score (nSPS) is 21.2. The highest BCUT2D eigenvalue weighted by Crippen LogP contribution is 2.20. The fourth-order valence-corrected chi connectivity index (χ4v) is 2.12. The first-order valence-electron chi connectivity index (χ1n) is 4.50. The van der Waals surface area contributed by atoms with Crippen LogP contribution < -0.4 is 11.1 Å². The van der Waals surface area contributed by atoms with Gasteiger partial charge >= 0.3 is 0 Å². The van der Waals surface area contributed by atoms with Gasteiger partial charge in [-0.15, -0.1) is 0 Å². The minimum Gasteiger partial charge on any atom is -0.329 e. The average molecular weight is 241 g/mol. The van der Waals surface area contributed by atoms with Gasteiger partial charge in [0.1, 0.15) is 0 Å². The Morgan fingerprint density at radius 3 is 3.08 bits per heavy atom. The van der Waals surface area contributed by atoms with Crippen LogP contribution in [0, 0.1) is 0 Å². The maximum Gasteiger partial charge on any atom is 0.0233 e. The summed E-state index contributed by atoms with van der Waals surface area (Å²) in [5, 5.41) is 3.40. The molecule has 0 saturated carbocycles. The minimum absolute atomic E-state index is 0.446. The Labute approximate surface area is 86.6 Å². The molecule has 1 aliphatic heterocycles. The zero-order chi connectivity index (χ0) is 9.26.